The van der Waals surface area contributed by atoms with Crippen molar-refractivity contribution < 1.29 is 18.5 Å². The number of benzene rings is 2. The zero-order valence-electron chi connectivity index (χ0n) is 23.7. The lowest BCUT2D eigenvalue weighted by Crippen LogP contribution is -2.17. The zero-order valence-corrected chi connectivity index (χ0v) is 23.7. The molecular formula is C30H38N4O8. The van der Waals surface area contributed by atoms with E-state index in [0.29, 0.717) is 13.2 Å². The first-order chi connectivity index (χ1) is 20.5. The van der Waals surface area contributed by atoms with E-state index in [0.717, 1.165) is 57.8 Å². The van der Waals surface area contributed by atoms with Gasteiger partial charge < -0.3 is 18.5 Å². The average molecular weight is 583 g/mol. The van der Waals surface area contributed by atoms with Gasteiger partial charge in [0.2, 0.25) is 0 Å². The molecule has 0 aliphatic rings. The summed E-state index contributed by atoms with van der Waals surface area (Å²) in [5.74, 6) is 0.0462. The van der Waals surface area contributed by atoms with Gasteiger partial charge in [-0.25, -0.2) is 29.1 Å². The first-order valence-electron chi connectivity index (χ1n) is 14.5. The topological polar surface area (TPSA) is 154 Å². The molecule has 0 unspecified atom stereocenters. The van der Waals surface area contributed by atoms with Crippen molar-refractivity contribution in [2.75, 3.05) is 13.2 Å². The van der Waals surface area contributed by atoms with Crippen molar-refractivity contribution >= 4 is 0 Å². The van der Waals surface area contributed by atoms with E-state index in [2.05, 4.69) is 9.97 Å². The molecule has 0 aliphatic heterocycles. The summed E-state index contributed by atoms with van der Waals surface area (Å²) in [6, 6.07) is 14.8. The maximum atomic E-state index is 11.5. The fourth-order valence-corrected chi connectivity index (χ4v) is 4.55. The number of ether oxygens (including phenoxy) is 2. The van der Waals surface area contributed by atoms with Crippen molar-refractivity contribution in [2.45, 2.75) is 77.3 Å². The molecule has 0 saturated carbocycles. The third-order valence-electron chi connectivity index (χ3n) is 6.83. The van der Waals surface area contributed by atoms with Crippen molar-refractivity contribution in [3.05, 3.63) is 102 Å². The molecule has 0 spiro atoms. The molecule has 2 aromatic carbocycles. The molecule has 4 rings (SSSR count). The van der Waals surface area contributed by atoms with Crippen LogP contribution in [0.1, 0.15) is 75.3 Å². The van der Waals surface area contributed by atoms with Gasteiger partial charge in [-0.15, -0.1) is 9.48 Å². The molecule has 4 aromatic rings. The molecule has 2 N–H and O–H groups in total. The van der Waals surface area contributed by atoms with Gasteiger partial charge in [0, 0.05) is 0 Å². The van der Waals surface area contributed by atoms with Crippen LogP contribution in [-0.4, -0.2) is 32.7 Å². The van der Waals surface area contributed by atoms with Crippen molar-refractivity contribution in [1.29, 1.82) is 0 Å². The second-order valence-electron chi connectivity index (χ2n) is 10.2. The minimum atomic E-state index is -0.759. The Bertz CT molecular complexity index is 1450. The highest BCUT2D eigenvalue weighted by Crippen LogP contribution is 2.16. The number of hydrogen-bond acceptors (Lipinski definition) is 8. The SMILES string of the molecule is O=c1[nH]c(=O)n(Cc2ccc(OCCCCCCCCCCCCOc3ccc(Cn4oc(=O)[nH]c4=O)cc3)cc2)o1. The summed E-state index contributed by atoms with van der Waals surface area (Å²) < 4.78 is 23.1. The number of unbranched alkanes of at least 4 members (excludes halogenated alkanes) is 9. The highest BCUT2D eigenvalue weighted by Gasteiger charge is 2.05. The first-order valence-corrected chi connectivity index (χ1v) is 14.5. The van der Waals surface area contributed by atoms with Crippen molar-refractivity contribution in [1.82, 2.24) is 19.4 Å². The first kappa shape index (κ1) is 30.5. The molecule has 12 nitrogen and oxygen atoms in total. The molecule has 0 radical (unpaired) electrons. The molecule has 2 heterocycles. The summed E-state index contributed by atoms with van der Waals surface area (Å²) >= 11 is 0. The normalized spacial score (nSPS) is 11.1. The van der Waals surface area contributed by atoms with Crippen molar-refractivity contribution in [2.24, 2.45) is 0 Å². The van der Waals surface area contributed by atoms with Crippen LogP contribution in [0.3, 0.4) is 0 Å². The van der Waals surface area contributed by atoms with Crippen LogP contribution in [0.25, 0.3) is 0 Å². The standard InChI is InChI=1S/C30H38N4O8/c35-27-31-29(37)41-33(27)21-23-11-15-25(16-12-23)39-19-9-7-5-3-1-2-4-6-8-10-20-40-26-17-13-24(14-18-26)22-34-28(36)32-30(38)42-34/h11-18H,1-10,19-22H2,(H,31,35,37)(H,32,36,38). The lowest BCUT2D eigenvalue weighted by atomic mass is 10.1. The second-order valence-corrected chi connectivity index (χ2v) is 10.2. The van der Waals surface area contributed by atoms with Crippen LogP contribution in [0.4, 0.5) is 0 Å². The zero-order chi connectivity index (χ0) is 29.6. The molecule has 0 amide bonds. The van der Waals surface area contributed by atoms with Crippen LogP contribution in [0.5, 0.6) is 11.5 Å². The average Bonchev–Trinajstić information content (AvgIpc) is 3.47. The Morgan fingerprint density at radius 3 is 1.14 bits per heavy atom. The summed E-state index contributed by atoms with van der Waals surface area (Å²) in [6.45, 7) is 1.72. The molecular weight excluding hydrogens is 544 g/mol. The second kappa shape index (κ2) is 16.1. The molecule has 0 fully saturated rings. The number of nitrogens with zero attached hydrogens (tertiary/aromatic N) is 2. The maximum Gasteiger partial charge on any atom is 0.440 e. The van der Waals surface area contributed by atoms with Gasteiger partial charge in [0.05, 0.1) is 26.3 Å². The predicted octanol–water partition coefficient (Wildman–Crippen LogP) is 4.03. The van der Waals surface area contributed by atoms with E-state index < -0.39 is 22.9 Å². The number of aromatic amines is 2. The summed E-state index contributed by atoms with van der Waals surface area (Å²) in [5, 5.41) is 0. The summed E-state index contributed by atoms with van der Waals surface area (Å²) in [6.07, 6.45) is 11.7. The number of aromatic nitrogens is 4. The van der Waals surface area contributed by atoms with E-state index in [9.17, 15) is 19.2 Å². The van der Waals surface area contributed by atoms with E-state index in [1.54, 1.807) is 0 Å². The minimum absolute atomic E-state index is 0.189. The molecule has 2 aromatic heterocycles. The maximum absolute atomic E-state index is 11.5. The van der Waals surface area contributed by atoms with Gasteiger partial charge in [0.25, 0.3) is 0 Å². The Morgan fingerprint density at radius 1 is 0.500 bits per heavy atom. The highest BCUT2D eigenvalue weighted by atomic mass is 16.5. The molecule has 0 saturated heterocycles. The van der Waals surface area contributed by atoms with Gasteiger partial charge in [-0.3, -0.25) is 0 Å². The van der Waals surface area contributed by atoms with Crippen LogP contribution in [-0.2, 0) is 13.1 Å². The van der Waals surface area contributed by atoms with E-state index in [1.165, 1.54) is 38.5 Å². The Balaban J connectivity index is 0.941. The summed E-state index contributed by atoms with van der Waals surface area (Å²) in [7, 11) is 0. The predicted molar refractivity (Wildman–Crippen MR) is 155 cm³/mol. The van der Waals surface area contributed by atoms with E-state index in [4.69, 9.17) is 18.5 Å². The summed E-state index contributed by atoms with van der Waals surface area (Å²) in [4.78, 5) is 49.3. The highest BCUT2D eigenvalue weighted by molar-refractivity contribution is 5.28. The van der Waals surface area contributed by atoms with Crippen molar-refractivity contribution in [3.63, 3.8) is 0 Å². The number of nitrogens with one attached hydrogen (secondary N) is 2. The lowest BCUT2D eigenvalue weighted by Gasteiger charge is -2.08. The fraction of sp³-hybridized carbons (Fsp3) is 0.467. The molecule has 42 heavy (non-hydrogen) atoms. The quantitative estimate of drug-likeness (QED) is 0.157. The van der Waals surface area contributed by atoms with Crippen LogP contribution in [0, 0.1) is 0 Å². The Kier molecular flexibility index (Phi) is 11.7. The van der Waals surface area contributed by atoms with E-state index >= 15 is 0 Å². The molecule has 0 aliphatic carbocycles. The largest absolute Gasteiger partial charge is 0.494 e. The fourth-order valence-electron chi connectivity index (χ4n) is 4.55. The van der Waals surface area contributed by atoms with Gasteiger partial charge in [-0.05, 0) is 48.2 Å². The van der Waals surface area contributed by atoms with Crippen molar-refractivity contribution in [3.8, 4) is 11.5 Å². The molecule has 0 atom stereocenters. The van der Waals surface area contributed by atoms with Gasteiger partial charge in [-0.2, -0.15) is 0 Å². The third-order valence-corrected chi connectivity index (χ3v) is 6.83. The van der Waals surface area contributed by atoms with Gasteiger partial charge in [0.1, 0.15) is 11.5 Å². The Labute approximate surface area is 241 Å². The summed E-state index contributed by atoms with van der Waals surface area (Å²) in [5.41, 5.74) is 0.557. The van der Waals surface area contributed by atoms with Crippen LogP contribution in [0.2, 0.25) is 0 Å². The van der Waals surface area contributed by atoms with Gasteiger partial charge in [0.15, 0.2) is 0 Å². The minimum Gasteiger partial charge on any atom is -0.494 e. The lowest BCUT2D eigenvalue weighted by molar-refractivity contribution is 0.257. The smallest absolute Gasteiger partial charge is 0.440 e. The molecule has 0 bridgehead atoms. The number of rotatable bonds is 19. The van der Waals surface area contributed by atoms with Crippen LogP contribution < -0.4 is 32.4 Å². The molecule has 12 heteroatoms. The third kappa shape index (κ3) is 10.2. The van der Waals surface area contributed by atoms with Crippen LogP contribution >= 0.6 is 0 Å². The van der Waals surface area contributed by atoms with Crippen LogP contribution in [0.15, 0.2) is 76.8 Å². The Hall–Kier alpha value is -4.48. The van der Waals surface area contributed by atoms with Gasteiger partial charge in [-0.1, -0.05) is 75.6 Å². The number of H-pyrrole nitrogens is 2. The monoisotopic (exact) mass is 582 g/mol. The van der Waals surface area contributed by atoms with E-state index in [-0.39, 0.29) is 13.1 Å². The van der Waals surface area contributed by atoms with Gasteiger partial charge >= 0.3 is 22.9 Å². The number of hydrogen-bond donors (Lipinski definition) is 2. The molecule has 226 valence electrons. The Morgan fingerprint density at radius 2 is 0.833 bits per heavy atom. The van der Waals surface area contributed by atoms with E-state index in [1.807, 2.05) is 48.5 Å².